The predicted octanol–water partition coefficient (Wildman–Crippen LogP) is 3.19. The second-order valence-electron chi connectivity index (χ2n) is 11.1. The van der Waals surface area contributed by atoms with Crippen LogP contribution in [0.5, 0.6) is 0 Å². The molecular formula is C28H44Cl2N5O4+. The molecule has 1 aromatic carbocycles. The first kappa shape index (κ1) is 33.0. The Balaban J connectivity index is 0.00000267. The van der Waals surface area contributed by atoms with Crippen LogP contribution in [0.2, 0.25) is 0 Å². The van der Waals surface area contributed by atoms with E-state index in [2.05, 4.69) is 5.32 Å². The lowest BCUT2D eigenvalue weighted by Gasteiger charge is -2.46. The Bertz CT molecular complexity index is 1030. The molecule has 6 N–H and O–H groups in total. The van der Waals surface area contributed by atoms with Crippen LogP contribution in [0.1, 0.15) is 75.8 Å². The van der Waals surface area contributed by atoms with Gasteiger partial charge in [-0.15, -0.1) is 24.8 Å². The fourth-order valence-corrected chi connectivity index (χ4v) is 6.95. The molecule has 11 heteroatoms. The molecule has 1 heterocycles. The van der Waals surface area contributed by atoms with Crippen LogP contribution in [-0.2, 0) is 25.7 Å². The van der Waals surface area contributed by atoms with Crippen LogP contribution in [0, 0.1) is 17.2 Å². The van der Waals surface area contributed by atoms with Gasteiger partial charge in [0.25, 0.3) is 5.91 Å². The van der Waals surface area contributed by atoms with Crippen molar-refractivity contribution in [2.24, 2.45) is 23.3 Å². The summed E-state index contributed by atoms with van der Waals surface area (Å²) >= 11 is 0. The van der Waals surface area contributed by atoms with Crippen LogP contribution in [0.25, 0.3) is 0 Å². The largest absolute Gasteiger partial charge is 0.465 e. The number of primary amides is 1. The Labute approximate surface area is 243 Å². The Kier molecular flexibility index (Phi) is 11.8. The van der Waals surface area contributed by atoms with E-state index in [1.807, 2.05) is 12.1 Å². The molecule has 2 amide bonds. The van der Waals surface area contributed by atoms with Crippen LogP contribution in [0.4, 0.5) is 0 Å². The number of benzene rings is 1. The molecule has 2 saturated carbocycles. The molecule has 0 radical (unpaired) electrons. The van der Waals surface area contributed by atoms with E-state index in [0.29, 0.717) is 37.4 Å². The molecule has 1 unspecified atom stereocenters. The third kappa shape index (κ3) is 6.76. The molecule has 0 aromatic heterocycles. The molecule has 0 spiro atoms. The van der Waals surface area contributed by atoms with E-state index >= 15 is 0 Å². The zero-order valence-electron chi connectivity index (χ0n) is 22.8. The maximum Gasteiger partial charge on any atom is 0.331 e. The summed E-state index contributed by atoms with van der Waals surface area (Å²) in [6, 6.07) is 6.75. The quantitative estimate of drug-likeness (QED) is 0.136. The van der Waals surface area contributed by atoms with Crippen molar-refractivity contribution < 1.29 is 23.6 Å². The van der Waals surface area contributed by atoms with Gasteiger partial charge >= 0.3 is 11.9 Å². The maximum absolute atomic E-state index is 14.7. The fraction of sp³-hybridized carbons (Fsp3) is 0.643. The highest BCUT2D eigenvalue weighted by molar-refractivity contribution is 5.95. The number of quaternary nitrogens is 1. The summed E-state index contributed by atoms with van der Waals surface area (Å²) in [4.78, 5) is 40.0. The number of halogens is 2. The van der Waals surface area contributed by atoms with Gasteiger partial charge in [-0.1, -0.05) is 56.4 Å². The number of nitrogens with two attached hydrogens (primary N) is 2. The van der Waals surface area contributed by atoms with Gasteiger partial charge in [0.1, 0.15) is 18.4 Å². The van der Waals surface area contributed by atoms with Crippen molar-refractivity contribution in [2.45, 2.75) is 82.8 Å². The first-order valence-electron chi connectivity index (χ1n) is 13.8. The summed E-state index contributed by atoms with van der Waals surface area (Å²) in [6.07, 6.45) is 8.65. The zero-order valence-corrected chi connectivity index (χ0v) is 24.4. The number of carbonyl (C=O) groups is 3. The summed E-state index contributed by atoms with van der Waals surface area (Å²) in [5.41, 5.74) is 12.3. The van der Waals surface area contributed by atoms with E-state index in [1.54, 1.807) is 19.1 Å². The monoisotopic (exact) mass is 584 g/mol. The smallest absolute Gasteiger partial charge is 0.331 e. The van der Waals surface area contributed by atoms with Crippen molar-refractivity contribution >= 4 is 48.4 Å². The minimum absolute atomic E-state index is 0. The molecule has 1 aromatic rings. The molecule has 1 saturated heterocycles. The lowest BCUT2D eigenvalue weighted by atomic mass is 9.83. The van der Waals surface area contributed by atoms with E-state index < -0.39 is 17.5 Å². The normalized spacial score (nSPS) is 26.6. The number of nitrogens with zero attached hydrogens (tertiary/aromatic N) is 1. The minimum atomic E-state index is -0.912. The van der Waals surface area contributed by atoms with Crippen LogP contribution < -0.4 is 16.8 Å². The Morgan fingerprint density at radius 3 is 2.33 bits per heavy atom. The van der Waals surface area contributed by atoms with Gasteiger partial charge in [-0.2, -0.15) is 0 Å². The number of rotatable bonds is 11. The number of nitrogen functional groups attached to an aromatic ring is 1. The maximum atomic E-state index is 14.7. The third-order valence-electron chi connectivity index (χ3n) is 8.89. The Hall–Kier alpha value is -2.20. The SMILES string of the molecule is CCOC(=O)CN[C@H](CC1CCCCC1)C(=O)[N+]1(Cc2ccc(C(=N)N)cc2)CCC[C@@H]2C[C@@]21C(N)=O.Cl.Cl. The average molecular weight is 586 g/mol. The van der Waals surface area contributed by atoms with Gasteiger partial charge in [-0.05, 0) is 32.1 Å². The van der Waals surface area contributed by atoms with Gasteiger partial charge in [0, 0.05) is 23.5 Å². The van der Waals surface area contributed by atoms with E-state index in [0.717, 1.165) is 44.1 Å². The summed E-state index contributed by atoms with van der Waals surface area (Å²) < 4.78 is 5.11. The molecular weight excluding hydrogens is 541 g/mol. The molecule has 3 aliphatic rings. The van der Waals surface area contributed by atoms with Crippen LogP contribution >= 0.6 is 24.8 Å². The standard InChI is InChI=1S/C28H41N5O4.2ClH/c1-2-37-24(34)17-32-23(15-19-7-4-3-5-8-19)26(35)33(14-6-9-22-16-28(22,33)27(31)36)18-20-10-12-21(13-11-20)25(29)30;;/h10-13,19,22-23,32H,2-9,14-18H2,1H3,(H4-,29,30,31,36);2*1H/p+1/t22-,23-,28+,33?;;/m1../s1. The summed E-state index contributed by atoms with van der Waals surface area (Å²) in [6.45, 7) is 2.88. The topological polar surface area (TPSA) is 148 Å². The van der Waals surface area contributed by atoms with Gasteiger partial charge in [-0.3, -0.25) is 20.3 Å². The second-order valence-corrected chi connectivity index (χ2v) is 11.1. The lowest BCUT2D eigenvalue weighted by Crippen LogP contribution is -2.71. The fourth-order valence-electron chi connectivity index (χ4n) is 6.95. The van der Waals surface area contributed by atoms with Crippen molar-refractivity contribution in [1.82, 2.24) is 5.32 Å². The highest BCUT2D eigenvalue weighted by Crippen LogP contribution is 2.59. The van der Waals surface area contributed by atoms with E-state index in [9.17, 15) is 14.4 Å². The third-order valence-corrected chi connectivity index (χ3v) is 8.89. The molecule has 218 valence electrons. The highest BCUT2D eigenvalue weighted by atomic mass is 35.5. The number of amides is 2. The molecule has 0 bridgehead atoms. The summed E-state index contributed by atoms with van der Waals surface area (Å²) in [5, 5.41) is 10.9. The average Bonchev–Trinajstić information content (AvgIpc) is 3.65. The van der Waals surface area contributed by atoms with Crippen LogP contribution in [0.15, 0.2) is 24.3 Å². The van der Waals surface area contributed by atoms with Crippen molar-refractivity contribution in [3.8, 4) is 0 Å². The number of ether oxygens (including phenoxy) is 1. The predicted molar refractivity (Wildman–Crippen MR) is 155 cm³/mol. The Morgan fingerprint density at radius 2 is 1.74 bits per heavy atom. The Morgan fingerprint density at radius 1 is 1.08 bits per heavy atom. The molecule has 39 heavy (non-hydrogen) atoms. The van der Waals surface area contributed by atoms with Crippen LogP contribution in [0.3, 0.4) is 0 Å². The summed E-state index contributed by atoms with van der Waals surface area (Å²) in [7, 11) is 0. The number of piperidine rings is 1. The first-order chi connectivity index (χ1) is 17.7. The van der Waals surface area contributed by atoms with Gasteiger partial charge in [0.15, 0.2) is 5.54 Å². The van der Waals surface area contributed by atoms with Gasteiger partial charge in [0.2, 0.25) is 0 Å². The molecule has 1 aliphatic heterocycles. The van der Waals surface area contributed by atoms with Crippen LogP contribution in [-0.4, -0.2) is 59.4 Å². The number of carbonyl (C=O) groups excluding carboxylic acids is 3. The number of likely N-dealkylation sites (tertiary alicyclic amines) is 1. The molecule has 4 rings (SSSR count). The van der Waals surface area contributed by atoms with Crippen molar-refractivity contribution in [3.05, 3.63) is 35.4 Å². The number of fused-ring (bicyclic) bond motifs is 1. The molecule has 4 atom stereocenters. The van der Waals surface area contributed by atoms with Crippen molar-refractivity contribution in [1.29, 1.82) is 5.41 Å². The van der Waals surface area contributed by atoms with Crippen molar-refractivity contribution in [2.75, 3.05) is 19.7 Å². The number of amidine groups is 1. The molecule has 9 nitrogen and oxygen atoms in total. The van der Waals surface area contributed by atoms with E-state index in [-0.39, 0.29) is 66.1 Å². The zero-order chi connectivity index (χ0) is 26.6. The second kappa shape index (κ2) is 13.9. The van der Waals surface area contributed by atoms with Crippen molar-refractivity contribution in [3.63, 3.8) is 0 Å². The highest BCUT2D eigenvalue weighted by Gasteiger charge is 2.76. The first-order valence-corrected chi connectivity index (χ1v) is 13.8. The number of hydrogen-bond acceptors (Lipinski definition) is 6. The molecule has 3 fully saturated rings. The van der Waals surface area contributed by atoms with Gasteiger partial charge in [0.05, 0.1) is 19.7 Å². The van der Waals surface area contributed by atoms with Gasteiger partial charge < -0.3 is 16.2 Å². The number of hydrogen-bond donors (Lipinski definition) is 4. The van der Waals surface area contributed by atoms with Gasteiger partial charge in [-0.25, -0.2) is 9.28 Å². The lowest BCUT2D eigenvalue weighted by molar-refractivity contribution is -0.900. The van der Waals surface area contributed by atoms with E-state index in [4.69, 9.17) is 21.6 Å². The minimum Gasteiger partial charge on any atom is -0.465 e. The van der Waals surface area contributed by atoms with E-state index in [1.165, 1.54) is 6.42 Å². The number of esters is 1. The summed E-state index contributed by atoms with van der Waals surface area (Å²) in [5.74, 6) is -0.366. The molecule has 2 aliphatic carbocycles. The number of nitrogens with one attached hydrogen (secondary N) is 2.